The van der Waals surface area contributed by atoms with E-state index in [1.165, 1.54) is 6.07 Å². The van der Waals surface area contributed by atoms with Crippen LogP contribution >= 0.6 is 0 Å². The van der Waals surface area contributed by atoms with E-state index >= 15 is 0 Å². The van der Waals surface area contributed by atoms with Crippen LogP contribution in [0.3, 0.4) is 0 Å². The Balaban J connectivity index is 2.19. The van der Waals surface area contributed by atoms with Gasteiger partial charge in [0, 0.05) is 25.0 Å². The fourth-order valence-corrected chi connectivity index (χ4v) is 1.86. The summed E-state index contributed by atoms with van der Waals surface area (Å²) in [6.45, 7) is 4.63. The zero-order valence-corrected chi connectivity index (χ0v) is 10.2. The van der Waals surface area contributed by atoms with Crippen molar-refractivity contribution in [1.82, 2.24) is 4.57 Å². The number of hydrogen-bond acceptors (Lipinski definition) is 1. The van der Waals surface area contributed by atoms with Gasteiger partial charge in [-0.05, 0) is 48.7 Å². The lowest BCUT2D eigenvalue weighted by atomic mass is 10.1. The number of halogens is 1. The number of hydrogen-bond donors (Lipinski definition) is 1. The van der Waals surface area contributed by atoms with Gasteiger partial charge in [-0.15, -0.1) is 0 Å². The van der Waals surface area contributed by atoms with Crippen LogP contribution in [0.1, 0.15) is 29.7 Å². The third-order valence-electron chi connectivity index (χ3n) is 2.96. The van der Waals surface area contributed by atoms with Crippen LogP contribution in [0.2, 0.25) is 0 Å². The van der Waals surface area contributed by atoms with E-state index in [-0.39, 0.29) is 11.9 Å². The topological polar surface area (TPSA) is 30.9 Å². The number of benzene rings is 1. The Morgan fingerprint density at radius 2 is 2.12 bits per heavy atom. The van der Waals surface area contributed by atoms with E-state index in [9.17, 15) is 4.39 Å². The minimum atomic E-state index is -0.185. The van der Waals surface area contributed by atoms with Crippen LogP contribution in [0.25, 0.3) is 0 Å². The van der Waals surface area contributed by atoms with E-state index in [1.807, 2.05) is 38.4 Å². The maximum atomic E-state index is 13.0. The van der Waals surface area contributed by atoms with Crippen molar-refractivity contribution in [3.63, 3.8) is 0 Å². The van der Waals surface area contributed by atoms with Gasteiger partial charge in [0.25, 0.3) is 0 Å². The number of aryl methyl sites for hydroxylation is 1. The summed E-state index contributed by atoms with van der Waals surface area (Å²) in [5.41, 5.74) is 9.02. The molecule has 0 radical (unpaired) electrons. The molecule has 1 aromatic heterocycles. The minimum Gasteiger partial charge on any atom is -0.350 e. The van der Waals surface area contributed by atoms with Crippen LogP contribution < -0.4 is 5.73 Å². The van der Waals surface area contributed by atoms with Crippen molar-refractivity contribution in [2.24, 2.45) is 5.73 Å². The quantitative estimate of drug-likeness (QED) is 0.866. The highest BCUT2D eigenvalue weighted by Gasteiger charge is 2.04. The summed E-state index contributed by atoms with van der Waals surface area (Å²) in [7, 11) is 0. The lowest BCUT2D eigenvalue weighted by Crippen LogP contribution is -2.04. The lowest BCUT2D eigenvalue weighted by Gasteiger charge is -2.07. The summed E-state index contributed by atoms with van der Waals surface area (Å²) < 4.78 is 15.0. The Kier molecular flexibility index (Phi) is 3.29. The zero-order valence-electron chi connectivity index (χ0n) is 10.2. The molecule has 2 aromatic rings. The van der Waals surface area contributed by atoms with Gasteiger partial charge in [0.05, 0.1) is 0 Å². The lowest BCUT2D eigenvalue weighted by molar-refractivity contribution is 0.624. The third kappa shape index (κ3) is 2.74. The molecule has 1 aromatic carbocycles. The Labute approximate surface area is 101 Å². The predicted octanol–water partition coefficient (Wildman–Crippen LogP) is 3.00. The Hall–Kier alpha value is -1.61. The van der Waals surface area contributed by atoms with Gasteiger partial charge in [0.1, 0.15) is 5.82 Å². The molecule has 17 heavy (non-hydrogen) atoms. The molecule has 1 atom stereocenters. The van der Waals surface area contributed by atoms with Crippen LogP contribution in [-0.2, 0) is 6.54 Å². The molecule has 1 heterocycles. The molecule has 0 saturated carbocycles. The molecule has 1 unspecified atom stereocenters. The highest BCUT2D eigenvalue weighted by atomic mass is 19.1. The zero-order chi connectivity index (χ0) is 12.4. The molecule has 0 fully saturated rings. The van der Waals surface area contributed by atoms with Crippen molar-refractivity contribution >= 4 is 0 Å². The van der Waals surface area contributed by atoms with E-state index in [4.69, 9.17) is 5.73 Å². The van der Waals surface area contributed by atoms with Gasteiger partial charge in [0.2, 0.25) is 0 Å². The van der Waals surface area contributed by atoms with Crippen LogP contribution in [0.15, 0.2) is 36.7 Å². The molecule has 0 bridgehead atoms. The fourth-order valence-electron chi connectivity index (χ4n) is 1.86. The first kappa shape index (κ1) is 11.9. The molecule has 3 heteroatoms. The fraction of sp³-hybridized carbons (Fsp3) is 0.286. The molecule has 2 rings (SSSR count). The third-order valence-corrected chi connectivity index (χ3v) is 2.96. The van der Waals surface area contributed by atoms with Gasteiger partial charge in [-0.25, -0.2) is 4.39 Å². The summed E-state index contributed by atoms with van der Waals surface area (Å²) in [6, 6.07) is 6.95. The second-order valence-electron chi connectivity index (χ2n) is 4.48. The molecular weight excluding hydrogens is 215 g/mol. The van der Waals surface area contributed by atoms with Crippen LogP contribution in [-0.4, -0.2) is 4.57 Å². The van der Waals surface area contributed by atoms with Gasteiger partial charge in [0.15, 0.2) is 0 Å². The molecule has 0 aliphatic rings. The molecule has 90 valence electrons. The first-order valence-electron chi connectivity index (χ1n) is 5.72. The maximum Gasteiger partial charge on any atom is 0.123 e. The minimum absolute atomic E-state index is 0.0468. The average Bonchev–Trinajstić information content (AvgIpc) is 2.71. The molecule has 0 saturated heterocycles. The smallest absolute Gasteiger partial charge is 0.123 e. The number of nitrogens with two attached hydrogens (primary N) is 1. The van der Waals surface area contributed by atoms with Gasteiger partial charge < -0.3 is 10.3 Å². The largest absolute Gasteiger partial charge is 0.350 e. The SMILES string of the molecule is Cc1cc(F)ccc1Cn1ccc(C(C)N)c1. The monoisotopic (exact) mass is 232 g/mol. The maximum absolute atomic E-state index is 13.0. The average molecular weight is 232 g/mol. The van der Waals surface area contributed by atoms with E-state index in [0.29, 0.717) is 0 Å². The molecule has 0 amide bonds. The van der Waals surface area contributed by atoms with Crippen molar-refractivity contribution in [2.75, 3.05) is 0 Å². The highest BCUT2D eigenvalue weighted by Crippen LogP contribution is 2.14. The Morgan fingerprint density at radius 1 is 1.35 bits per heavy atom. The standard InChI is InChI=1S/C14H17FN2/c1-10-7-14(15)4-3-12(10)8-17-6-5-13(9-17)11(2)16/h3-7,9,11H,8,16H2,1-2H3. The van der Waals surface area contributed by atoms with Gasteiger partial charge in [-0.2, -0.15) is 0 Å². The Bertz CT molecular complexity index is 515. The van der Waals surface area contributed by atoms with Crippen molar-refractivity contribution in [1.29, 1.82) is 0 Å². The van der Waals surface area contributed by atoms with E-state index in [1.54, 1.807) is 6.07 Å². The van der Waals surface area contributed by atoms with Crippen LogP contribution in [0, 0.1) is 12.7 Å². The number of nitrogens with zero attached hydrogens (tertiary/aromatic N) is 1. The van der Waals surface area contributed by atoms with Crippen molar-refractivity contribution in [3.05, 3.63) is 59.2 Å². The number of rotatable bonds is 3. The van der Waals surface area contributed by atoms with Crippen molar-refractivity contribution in [3.8, 4) is 0 Å². The first-order chi connectivity index (χ1) is 8.06. The summed E-state index contributed by atoms with van der Waals surface area (Å²) >= 11 is 0. The first-order valence-corrected chi connectivity index (χ1v) is 5.72. The van der Waals surface area contributed by atoms with E-state index in [0.717, 1.165) is 23.2 Å². The van der Waals surface area contributed by atoms with Crippen LogP contribution in [0.4, 0.5) is 4.39 Å². The molecule has 0 aliphatic carbocycles. The van der Waals surface area contributed by atoms with Gasteiger partial charge >= 0.3 is 0 Å². The second kappa shape index (κ2) is 4.72. The van der Waals surface area contributed by atoms with Gasteiger partial charge in [-0.3, -0.25) is 0 Å². The molecule has 2 nitrogen and oxygen atoms in total. The van der Waals surface area contributed by atoms with Crippen molar-refractivity contribution < 1.29 is 4.39 Å². The van der Waals surface area contributed by atoms with E-state index in [2.05, 4.69) is 4.57 Å². The van der Waals surface area contributed by atoms with Crippen LogP contribution in [0.5, 0.6) is 0 Å². The molecular formula is C14H17FN2. The van der Waals surface area contributed by atoms with Gasteiger partial charge in [-0.1, -0.05) is 6.07 Å². The summed E-state index contributed by atoms with van der Waals surface area (Å²) in [6.07, 6.45) is 4.04. The summed E-state index contributed by atoms with van der Waals surface area (Å²) in [4.78, 5) is 0. The molecule has 0 spiro atoms. The van der Waals surface area contributed by atoms with E-state index < -0.39 is 0 Å². The molecule has 0 aliphatic heterocycles. The normalized spacial score (nSPS) is 12.7. The summed E-state index contributed by atoms with van der Waals surface area (Å²) in [5.74, 6) is -0.185. The number of aromatic nitrogens is 1. The predicted molar refractivity (Wildman–Crippen MR) is 67.3 cm³/mol. The summed E-state index contributed by atoms with van der Waals surface area (Å²) in [5, 5.41) is 0. The second-order valence-corrected chi connectivity index (χ2v) is 4.48. The Morgan fingerprint density at radius 3 is 2.71 bits per heavy atom. The highest BCUT2D eigenvalue weighted by molar-refractivity contribution is 5.27. The molecule has 2 N–H and O–H groups in total. The van der Waals surface area contributed by atoms with Crippen molar-refractivity contribution in [2.45, 2.75) is 26.4 Å².